The van der Waals surface area contributed by atoms with Gasteiger partial charge in [0, 0.05) is 20.0 Å². The Balaban J connectivity index is 2.21. The Kier molecular flexibility index (Phi) is 6.12. The molecule has 6 nitrogen and oxygen atoms in total. The quantitative estimate of drug-likeness (QED) is 0.808. The van der Waals surface area contributed by atoms with Crippen molar-refractivity contribution in [2.24, 2.45) is 0 Å². The van der Waals surface area contributed by atoms with Crippen molar-refractivity contribution in [2.45, 2.75) is 32.6 Å². The number of amides is 1. The highest BCUT2D eigenvalue weighted by atomic mass is 16.4. The van der Waals surface area contributed by atoms with Gasteiger partial charge < -0.3 is 10.0 Å². The number of carbonyl (C=O) groups is 2. The van der Waals surface area contributed by atoms with Crippen LogP contribution in [-0.2, 0) is 11.2 Å². The number of para-hydroxylation sites is 1. The summed E-state index contributed by atoms with van der Waals surface area (Å²) in [7, 11) is 1.69. The largest absolute Gasteiger partial charge is 0.481 e. The van der Waals surface area contributed by atoms with Crippen molar-refractivity contribution in [3.63, 3.8) is 0 Å². The fourth-order valence-electron chi connectivity index (χ4n) is 2.60. The molecule has 2 aromatic rings. The van der Waals surface area contributed by atoms with Gasteiger partial charge in [-0.15, -0.1) is 0 Å². The van der Waals surface area contributed by atoms with E-state index in [0.29, 0.717) is 18.5 Å². The van der Waals surface area contributed by atoms with Gasteiger partial charge >= 0.3 is 5.97 Å². The number of carboxylic acids is 1. The molecule has 0 bridgehead atoms. The molecule has 6 heteroatoms. The molecule has 1 heterocycles. The number of aromatic nitrogens is 2. The molecule has 1 amide bonds. The first-order valence-electron chi connectivity index (χ1n) is 8.14. The zero-order valence-corrected chi connectivity index (χ0v) is 14.1. The van der Waals surface area contributed by atoms with Crippen molar-refractivity contribution in [3.05, 3.63) is 47.8 Å². The summed E-state index contributed by atoms with van der Waals surface area (Å²) in [6, 6.07) is 9.72. The second-order valence-electron chi connectivity index (χ2n) is 5.73. The number of carbonyl (C=O) groups excluding carboxylic acids is 1. The van der Waals surface area contributed by atoms with Gasteiger partial charge in [-0.3, -0.25) is 9.59 Å². The van der Waals surface area contributed by atoms with Gasteiger partial charge in [-0.2, -0.15) is 5.10 Å². The first-order chi connectivity index (χ1) is 11.5. The molecule has 0 radical (unpaired) electrons. The van der Waals surface area contributed by atoms with Gasteiger partial charge in [-0.05, 0) is 25.0 Å². The highest BCUT2D eigenvalue weighted by molar-refractivity contribution is 5.95. The van der Waals surface area contributed by atoms with E-state index in [-0.39, 0.29) is 12.3 Å². The molecule has 0 saturated carbocycles. The summed E-state index contributed by atoms with van der Waals surface area (Å²) in [6.45, 7) is 2.47. The Morgan fingerprint density at radius 2 is 1.96 bits per heavy atom. The molecular weight excluding hydrogens is 306 g/mol. The lowest BCUT2D eigenvalue weighted by Gasteiger charge is -2.17. The smallest absolute Gasteiger partial charge is 0.303 e. The van der Waals surface area contributed by atoms with Crippen molar-refractivity contribution in [3.8, 4) is 5.69 Å². The minimum Gasteiger partial charge on any atom is -0.481 e. The lowest BCUT2D eigenvalue weighted by Crippen LogP contribution is -2.28. The minimum atomic E-state index is -0.848. The molecule has 0 spiro atoms. The molecule has 0 atom stereocenters. The molecule has 0 aliphatic carbocycles. The van der Waals surface area contributed by atoms with Crippen molar-refractivity contribution in [1.82, 2.24) is 14.7 Å². The number of carboxylic acid groups (broad SMARTS) is 1. The van der Waals surface area contributed by atoms with Crippen LogP contribution in [0.15, 0.2) is 36.5 Å². The van der Waals surface area contributed by atoms with Crippen LogP contribution >= 0.6 is 0 Å². The summed E-state index contributed by atoms with van der Waals surface area (Å²) in [5, 5.41) is 13.1. The molecule has 1 N–H and O–H groups in total. The summed E-state index contributed by atoms with van der Waals surface area (Å²) < 4.78 is 1.81. The predicted octanol–water partition coefficient (Wildman–Crippen LogP) is 2.76. The standard InChI is InChI=1S/C18H23N3O3/c1-3-8-16-15(18(24)20(2)12-7-11-17(22)23)13-19-21(16)14-9-5-4-6-10-14/h4-6,9-10,13H,3,7-8,11-12H2,1-2H3,(H,22,23). The van der Waals surface area contributed by atoms with Gasteiger partial charge in [0.15, 0.2) is 0 Å². The highest BCUT2D eigenvalue weighted by Crippen LogP contribution is 2.18. The van der Waals surface area contributed by atoms with Crippen molar-refractivity contribution in [2.75, 3.05) is 13.6 Å². The Bertz CT molecular complexity index is 695. The molecule has 0 unspecified atom stereocenters. The topological polar surface area (TPSA) is 75.4 Å². The zero-order chi connectivity index (χ0) is 17.5. The van der Waals surface area contributed by atoms with Crippen LogP contribution in [0, 0.1) is 0 Å². The summed E-state index contributed by atoms with van der Waals surface area (Å²) in [5.41, 5.74) is 2.39. The van der Waals surface area contributed by atoms with E-state index in [2.05, 4.69) is 12.0 Å². The Morgan fingerprint density at radius 3 is 2.58 bits per heavy atom. The Hall–Kier alpha value is -2.63. The van der Waals surface area contributed by atoms with Crippen LogP contribution in [0.25, 0.3) is 5.69 Å². The van der Waals surface area contributed by atoms with Gasteiger partial charge in [0.25, 0.3) is 5.91 Å². The van der Waals surface area contributed by atoms with E-state index in [1.807, 2.05) is 35.0 Å². The average Bonchev–Trinajstić information content (AvgIpc) is 2.98. The summed E-state index contributed by atoms with van der Waals surface area (Å²) >= 11 is 0. The van der Waals surface area contributed by atoms with E-state index >= 15 is 0 Å². The molecule has 0 aliphatic heterocycles. The molecule has 1 aromatic carbocycles. The van der Waals surface area contributed by atoms with E-state index in [4.69, 9.17) is 5.11 Å². The van der Waals surface area contributed by atoms with Crippen LogP contribution in [-0.4, -0.2) is 45.3 Å². The lowest BCUT2D eigenvalue weighted by atomic mass is 10.1. The monoisotopic (exact) mass is 329 g/mol. The minimum absolute atomic E-state index is 0.0582. The molecular formula is C18H23N3O3. The number of nitrogens with zero attached hydrogens (tertiary/aromatic N) is 3. The number of benzene rings is 1. The summed E-state index contributed by atoms with van der Waals surface area (Å²) in [4.78, 5) is 24.9. The first kappa shape index (κ1) is 17.7. The third-order valence-electron chi connectivity index (χ3n) is 3.82. The van der Waals surface area contributed by atoms with Crippen LogP contribution in [0.5, 0.6) is 0 Å². The summed E-state index contributed by atoms with van der Waals surface area (Å²) in [5.74, 6) is -0.967. The molecule has 2 rings (SSSR count). The van der Waals surface area contributed by atoms with E-state index in [9.17, 15) is 9.59 Å². The molecule has 1 aromatic heterocycles. The molecule has 0 aliphatic rings. The van der Waals surface area contributed by atoms with Crippen molar-refractivity contribution >= 4 is 11.9 Å². The number of hydrogen-bond donors (Lipinski definition) is 1. The van der Waals surface area contributed by atoms with Crippen molar-refractivity contribution in [1.29, 1.82) is 0 Å². The molecule has 0 saturated heterocycles. The maximum atomic E-state index is 12.7. The van der Waals surface area contributed by atoms with E-state index in [0.717, 1.165) is 24.2 Å². The van der Waals surface area contributed by atoms with Gasteiger partial charge in [0.1, 0.15) is 0 Å². The average molecular weight is 329 g/mol. The Labute approximate surface area is 141 Å². The maximum Gasteiger partial charge on any atom is 0.303 e. The fourth-order valence-corrected chi connectivity index (χ4v) is 2.60. The second-order valence-corrected chi connectivity index (χ2v) is 5.73. The van der Waals surface area contributed by atoms with Crippen molar-refractivity contribution < 1.29 is 14.7 Å². The third kappa shape index (κ3) is 4.22. The second kappa shape index (κ2) is 8.29. The normalized spacial score (nSPS) is 10.6. The zero-order valence-electron chi connectivity index (χ0n) is 14.1. The predicted molar refractivity (Wildman–Crippen MR) is 91.4 cm³/mol. The van der Waals surface area contributed by atoms with Gasteiger partial charge in [0.05, 0.1) is 23.1 Å². The number of hydrogen-bond acceptors (Lipinski definition) is 3. The number of rotatable bonds is 8. The van der Waals surface area contributed by atoms with E-state index < -0.39 is 5.97 Å². The maximum absolute atomic E-state index is 12.7. The molecule has 128 valence electrons. The van der Waals surface area contributed by atoms with Gasteiger partial charge in [-0.1, -0.05) is 31.5 Å². The molecule has 24 heavy (non-hydrogen) atoms. The van der Waals surface area contributed by atoms with E-state index in [1.165, 1.54) is 0 Å². The number of aliphatic carboxylic acids is 1. The lowest BCUT2D eigenvalue weighted by molar-refractivity contribution is -0.137. The van der Waals surface area contributed by atoms with Crippen LogP contribution in [0.2, 0.25) is 0 Å². The van der Waals surface area contributed by atoms with Gasteiger partial charge in [-0.25, -0.2) is 4.68 Å². The van der Waals surface area contributed by atoms with Crippen LogP contribution in [0.3, 0.4) is 0 Å². The van der Waals surface area contributed by atoms with Crippen LogP contribution < -0.4 is 0 Å². The summed E-state index contributed by atoms with van der Waals surface area (Å²) in [6.07, 6.45) is 3.75. The Morgan fingerprint density at radius 1 is 1.25 bits per heavy atom. The molecule has 0 fully saturated rings. The van der Waals surface area contributed by atoms with E-state index in [1.54, 1.807) is 18.1 Å². The SMILES string of the molecule is CCCc1c(C(=O)N(C)CCCC(=O)O)cnn1-c1ccccc1. The highest BCUT2D eigenvalue weighted by Gasteiger charge is 2.20. The third-order valence-corrected chi connectivity index (χ3v) is 3.82. The van der Waals surface area contributed by atoms with Crippen LogP contribution in [0.4, 0.5) is 0 Å². The fraction of sp³-hybridized carbons (Fsp3) is 0.389. The van der Waals surface area contributed by atoms with Crippen LogP contribution in [0.1, 0.15) is 42.2 Å². The first-order valence-corrected chi connectivity index (χ1v) is 8.14. The van der Waals surface area contributed by atoms with Gasteiger partial charge in [0.2, 0.25) is 0 Å².